The van der Waals surface area contributed by atoms with E-state index in [1.807, 2.05) is 59.5 Å². The van der Waals surface area contributed by atoms with Gasteiger partial charge in [0.1, 0.15) is 5.75 Å². The molecule has 1 amide bonds. The summed E-state index contributed by atoms with van der Waals surface area (Å²) in [6, 6.07) is 15.8. The van der Waals surface area contributed by atoms with Gasteiger partial charge in [0.25, 0.3) is 0 Å². The Morgan fingerprint density at radius 3 is 2.42 bits per heavy atom. The Bertz CT molecular complexity index is 755. The Labute approximate surface area is 169 Å². The number of hydrogen-bond acceptors (Lipinski definition) is 2. The van der Waals surface area contributed by atoms with Gasteiger partial charge in [-0.1, -0.05) is 42.5 Å². The van der Waals surface area contributed by atoms with Crippen LogP contribution in [0.1, 0.15) is 23.5 Å². The van der Waals surface area contributed by atoms with Crippen molar-refractivity contribution in [1.82, 2.24) is 4.90 Å². The van der Waals surface area contributed by atoms with Crippen LogP contribution in [0, 0.1) is 3.57 Å². The second-order valence-electron chi connectivity index (χ2n) is 5.95. The lowest BCUT2D eigenvalue weighted by atomic mass is 9.94. The van der Waals surface area contributed by atoms with E-state index < -0.39 is 0 Å². The minimum atomic E-state index is -0.237. The average Bonchev–Trinajstić information content (AvgIpc) is 2.66. The SMILES string of the molecule is C=CCC(C(=O)N(CC=C)Cc1ccc(OC)cc1)c1ccccc1I. The van der Waals surface area contributed by atoms with Crippen molar-refractivity contribution < 1.29 is 9.53 Å². The Hall–Kier alpha value is -2.08. The van der Waals surface area contributed by atoms with Crippen LogP contribution in [0.25, 0.3) is 0 Å². The predicted octanol–water partition coefficient (Wildman–Crippen LogP) is 5.17. The monoisotopic (exact) mass is 461 g/mol. The van der Waals surface area contributed by atoms with Crippen LogP contribution in [-0.2, 0) is 11.3 Å². The van der Waals surface area contributed by atoms with Crippen molar-refractivity contribution in [1.29, 1.82) is 0 Å². The summed E-state index contributed by atoms with van der Waals surface area (Å²) in [6.07, 6.45) is 4.18. The number of carbonyl (C=O) groups is 1. The van der Waals surface area contributed by atoms with Crippen molar-refractivity contribution >= 4 is 28.5 Å². The number of halogens is 1. The molecule has 0 bridgehead atoms. The third kappa shape index (κ3) is 5.21. The van der Waals surface area contributed by atoms with E-state index in [0.717, 1.165) is 20.4 Å². The second-order valence-corrected chi connectivity index (χ2v) is 7.12. The highest BCUT2D eigenvalue weighted by molar-refractivity contribution is 14.1. The van der Waals surface area contributed by atoms with Gasteiger partial charge in [0.15, 0.2) is 0 Å². The molecular weight excluding hydrogens is 437 g/mol. The lowest BCUT2D eigenvalue weighted by molar-refractivity contribution is -0.132. The molecule has 4 heteroatoms. The number of ether oxygens (including phenoxy) is 1. The summed E-state index contributed by atoms with van der Waals surface area (Å²) in [6.45, 7) is 8.69. The predicted molar refractivity (Wildman–Crippen MR) is 115 cm³/mol. The number of allylic oxidation sites excluding steroid dienone is 1. The molecule has 2 aromatic carbocycles. The van der Waals surface area contributed by atoms with Gasteiger partial charge in [-0.3, -0.25) is 4.79 Å². The maximum atomic E-state index is 13.3. The van der Waals surface area contributed by atoms with Gasteiger partial charge in [-0.2, -0.15) is 0 Å². The van der Waals surface area contributed by atoms with Crippen LogP contribution < -0.4 is 4.74 Å². The van der Waals surface area contributed by atoms with E-state index in [4.69, 9.17) is 4.74 Å². The Balaban J connectivity index is 2.27. The molecule has 0 aliphatic heterocycles. The van der Waals surface area contributed by atoms with Gasteiger partial charge < -0.3 is 9.64 Å². The first-order valence-corrected chi connectivity index (χ1v) is 9.56. The summed E-state index contributed by atoms with van der Waals surface area (Å²) in [5.41, 5.74) is 2.10. The third-order valence-electron chi connectivity index (χ3n) is 4.17. The van der Waals surface area contributed by atoms with E-state index in [1.165, 1.54) is 0 Å². The van der Waals surface area contributed by atoms with E-state index in [2.05, 4.69) is 35.7 Å². The zero-order valence-electron chi connectivity index (χ0n) is 15.0. The number of hydrogen-bond donors (Lipinski definition) is 0. The highest BCUT2D eigenvalue weighted by Gasteiger charge is 2.26. The van der Waals surface area contributed by atoms with Crippen molar-refractivity contribution in [2.45, 2.75) is 18.9 Å². The molecule has 0 spiro atoms. The lowest BCUT2D eigenvalue weighted by Crippen LogP contribution is -2.35. The maximum Gasteiger partial charge on any atom is 0.231 e. The van der Waals surface area contributed by atoms with E-state index in [0.29, 0.717) is 19.5 Å². The molecule has 26 heavy (non-hydrogen) atoms. The highest BCUT2D eigenvalue weighted by Crippen LogP contribution is 2.28. The summed E-state index contributed by atoms with van der Waals surface area (Å²) >= 11 is 2.29. The van der Waals surface area contributed by atoms with E-state index in [-0.39, 0.29) is 11.8 Å². The van der Waals surface area contributed by atoms with E-state index in [9.17, 15) is 4.79 Å². The van der Waals surface area contributed by atoms with Crippen LogP contribution in [0.4, 0.5) is 0 Å². The molecule has 1 unspecified atom stereocenters. The lowest BCUT2D eigenvalue weighted by Gasteiger charge is -2.27. The molecule has 0 aliphatic carbocycles. The van der Waals surface area contributed by atoms with Crippen molar-refractivity contribution in [2.75, 3.05) is 13.7 Å². The molecule has 1 atom stereocenters. The summed E-state index contributed by atoms with van der Waals surface area (Å²) in [4.78, 5) is 15.1. The molecule has 0 saturated heterocycles. The van der Waals surface area contributed by atoms with E-state index in [1.54, 1.807) is 13.2 Å². The number of benzene rings is 2. The van der Waals surface area contributed by atoms with Crippen LogP contribution in [0.15, 0.2) is 73.8 Å². The largest absolute Gasteiger partial charge is 0.497 e. The normalized spacial score (nSPS) is 11.5. The molecule has 0 aliphatic rings. The second kappa shape index (κ2) is 10.2. The molecule has 0 fully saturated rings. The Morgan fingerprint density at radius 2 is 1.85 bits per heavy atom. The summed E-state index contributed by atoms with van der Waals surface area (Å²) < 4.78 is 6.29. The zero-order chi connectivity index (χ0) is 18.9. The van der Waals surface area contributed by atoms with Crippen molar-refractivity contribution in [3.05, 3.63) is 88.5 Å². The number of amides is 1. The topological polar surface area (TPSA) is 29.5 Å². The quantitative estimate of drug-likeness (QED) is 0.381. The molecule has 3 nitrogen and oxygen atoms in total. The molecular formula is C22H24INO2. The van der Waals surface area contributed by atoms with Crippen LogP contribution >= 0.6 is 22.6 Å². The Kier molecular flexibility index (Phi) is 7.91. The zero-order valence-corrected chi connectivity index (χ0v) is 17.2. The van der Waals surface area contributed by atoms with Gasteiger partial charge in [0.05, 0.1) is 13.0 Å². The number of nitrogens with zero attached hydrogens (tertiary/aromatic N) is 1. The minimum Gasteiger partial charge on any atom is -0.497 e. The molecule has 0 aromatic heterocycles. The highest BCUT2D eigenvalue weighted by atomic mass is 127. The van der Waals surface area contributed by atoms with Crippen molar-refractivity contribution in [2.24, 2.45) is 0 Å². The van der Waals surface area contributed by atoms with Gasteiger partial charge in [0, 0.05) is 16.7 Å². The maximum absolute atomic E-state index is 13.3. The van der Waals surface area contributed by atoms with Crippen LogP contribution in [0.5, 0.6) is 5.75 Å². The number of carbonyl (C=O) groups excluding carboxylic acids is 1. The third-order valence-corrected chi connectivity index (χ3v) is 5.16. The first-order valence-electron chi connectivity index (χ1n) is 8.48. The molecule has 2 aromatic rings. The number of methoxy groups -OCH3 is 1. The molecule has 0 radical (unpaired) electrons. The van der Waals surface area contributed by atoms with Gasteiger partial charge in [-0.15, -0.1) is 13.2 Å². The molecule has 0 N–H and O–H groups in total. The number of rotatable bonds is 9. The Morgan fingerprint density at radius 1 is 1.15 bits per heavy atom. The van der Waals surface area contributed by atoms with Gasteiger partial charge in [-0.25, -0.2) is 0 Å². The summed E-state index contributed by atoms with van der Waals surface area (Å²) in [5, 5.41) is 0. The molecule has 0 heterocycles. The minimum absolute atomic E-state index is 0.0877. The fourth-order valence-corrected chi connectivity index (χ4v) is 3.61. The van der Waals surface area contributed by atoms with Gasteiger partial charge in [0.2, 0.25) is 5.91 Å². The average molecular weight is 461 g/mol. The van der Waals surface area contributed by atoms with E-state index >= 15 is 0 Å². The van der Waals surface area contributed by atoms with Gasteiger partial charge in [-0.05, 0) is 58.3 Å². The summed E-state index contributed by atoms with van der Waals surface area (Å²) in [5.74, 6) is 0.655. The molecule has 0 saturated carbocycles. The molecule has 136 valence electrons. The van der Waals surface area contributed by atoms with Crippen molar-refractivity contribution in [3.63, 3.8) is 0 Å². The molecule has 2 rings (SSSR count). The first-order chi connectivity index (χ1) is 12.6. The van der Waals surface area contributed by atoms with Crippen LogP contribution in [0.3, 0.4) is 0 Å². The standard InChI is InChI=1S/C22H24INO2/c1-4-8-20(19-9-6-7-10-21(19)23)22(25)24(15-5-2)16-17-11-13-18(26-3)14-12-17/h4-7,9-14,20H,1-2,8,15-16H2,3H3. The van der Waals surface area contributed by atoms with Crippen LogP contribution in [0.2, 0.25) is 0 Å². The smallest absolute Gasteiger partial charge is 0.231 e. The fraction of sp³-hybridized carbons (Fsp3) is 0.227. The first kappa shape index (κ1) is 20.2. The van der Waals surface area contributed by atoms with Crippen molar-refractivity contribution in [3.8, 4) is 5.75 Å². The summed E-state index contributed by atoms with van der Waals surface area (Å²) in [7, 11) is 1.64. The van der Waals surface area contributed by atoms with Crippen LogP contribution in [-0.4, -0.2) is 24.5 Å². The van der Waals surface area contributed by atoms with Gasteiger partial charge >= 0.3 is 0 Å². The fourth-order valence-electron chi connectivity index (χ4n) is 2.85.